The minimum atomic E-state index is 0.245. The summed E-state index contributed by atoms with van der Waals surface area (Å²) in [6, 6.07) is 0. The van der Waals surface area contributed by atoms with Gasteiger partial charge < -0.3 is 0 Å². The van der Waals surface area contributed by atoms with E-state index in [1.54, 1.807) is 113 Å². The number of ketones is 2. The van der Waals surface area contributed by atoms with Gasteiger partial charge in [0, 0.05) is 292 Å². The summed E-state index contributed by atoms with van der Waals surface area (Å²) in [7, 11) is 50.9. The first-order valence-corrected chi connectivity index (χ1v) is 54.6. The predicted molar refractivity (Wildman–Crippen MR) is 319 cm³/mol. The first-order valence-electron chi connectivity index (χ1n) is 14.6. The van der Waals surface area contributed by atoms with Gasteiger partial charge in [-0.3, -0.25) is 9.59 Å². The largest absolute Gasteiger partial charge is 0.300 e. The first kappa shape index (κ1) is 54.2. The highest BCUT2D eigenvalue weighted by molar-refractivity contribution is 8.80. The second-order valence-corrected chi connectivity index (χ2v) is 62.5. The zero-order chi connectivity index (χ0) is 38.9. The van der Waals surface area contributed by atoms with E-state index in [2.05, 4.69) is 13.8 Å². The van der Waals surface area contributed by atoms with Crippen LogP contribution < -0.4 is 0 Å². The zero-order valence-corrected chi connectivity index (χ0v) is 52.8. The zero-order valence-electron chi connectivity index (χ0n) is 27.5. The Morgan fingerprint density at radius 2 is 0.926 bits per heavy atom. The van der Waals surface area contributed by atoms with Crippen LogP contribution in [0, 0.1) is 34.5 Å². The summed E-state index contributed by atoms with van der Waals surface area (Å²) in [4.78, 5) is 24.0. The van der Waals surface area contributed by atoms with Gasteiger partial charge in [0.05, 0.1) is 0 Å². The lowest BCUT2D eigenvalue weighted by molar-refractivity contribution is -0.128. The van der Waals surface area contributed by atoms with Crippen LogP contribution in [-0.2, 0) is 289 Å². The van der Waals surface area contributed by atoms with Crippen molar-refractivity contribution in [3.63, 3.8) is 0 Å². The van der Waals surface area contributed by atoms with E-state index in [0.29, 0.717) is 17.5 Å². The monoisotopic (exact) mass is 1310 g/mol. The molecule has 54 heavy (non-hydrogen) atoms. The molecule has 0 aromatic heterocycles. The van der Waals surface area contributed by atoms with Crippen LogP contribution in [0.5, 0.6) is 0 Å². The van der Waals surface area contributed by atoms with Gasteiger partial charge in [0.25, 0.3) is 0 Å². The van der Waals surface area contributed by atoms with Crippen molar-refractivity contribution in [1.29, 1.82) is 0 Å². The van der Waals surface area contributed by atoms with Gasteiger partial charge in [-0.05, 0) is 86.5 Å². The molecule has 0 unspecified atom stereocenters. The molecule has 0 aromatic carbocycles. The van der Waals surface area contributed by atoms with Gasteiger partial charge in [0.2, 0.25) is 0 Å². The lowest BCUT2D eigenvalue weighted by Crippen LogP contribution is -2.51. The average Bonchev–Trinajstić information content (AvgIpc) is 3.53. The van der Waals surface area contributed by atoms with Gasteiger partial charge in [-0.2, -0.15) is 0 Å². The molecule has 0 radical (unpaired) electrons. The molecule has 0 N–H and O–H groups in total. The van der Waals surface area contributed by atoms with Crippen molar-refractivity contribution in [1.82, 2.24) is 0 Å². The van der Waals surface area contributed by atoms with Crippen LogP contribution in [0.4, 0.5) is 0 Å². The van der Waals surface area contributed by atoms with Gasteiger partial charge in [0.15, 0.2) is 5.78 Å². The molecular formula is C21H30O2S31. The highest BCUT2D eigenvalue weighted by atomic mass is 33.5. The van der Waals surface area contributed by atoms with Gasteiger partial charge >= 0.3 is 0 Å². The molecule has 0 bridgehead atoms. The van der Waals surface area contributed by atoms with Crippen LogP contribution in [0.3, 0.4) is 0 Å². The molecule has 2 nitrogen and oxygen atoms in total. The molecule has 4 rings (SSSR count). The van der Waals surface area contributed by atoms with Gasteiger partial charge in [0.1, 0.15) is 5.78 Å². The molecule has 0 spiro atoms. The Kier molecular flexibility index (Phi) is 33.5. The fourth-order valence-corrected chi connectivity index (χ4v) is 81.6. The molecule has 312 valence electrons. The Labute approximate surface area is 410 Å². The van der Waals surface area contributed by atoms with Crippen molar-refractivity contribution in [2.24, 2.45) is 34.5 Å². The Hall–Kier alpha value is 5.90. The molecule has 6 atom stereocenters. The maximum Gasteiger partial charge on any atom is 0.155 e. The van der Waals surface area contributed by atoms with E-state index < -0.39 is 0 Å². The van der Waals surface area contributed by atoms with Crippen LogP contribution in [-0.4, -0.2) is 11.6 Å². The van der Waals surface area contributed by atoms with Crippen molar-refractivity contribution in [3.8, 4) is 0 Å². The highest BCUT2D eigenvalue weighted by Crippen LogP contribution is 2.66. The lowest BCUT2D eigenvalue weighted by atomic mass is 9.47. The van der Waals surface area contributed by atoms with E-state index in [0.717, 1.165) is 43.4 Å². The summed E-state index contributed by atoms with van der Waals surface area (Å²) >= 11 is 9.58. The lowest BCUT2D eigenvalue weighted by Gasteiger charge is -2.58. The summed E-state index contributed by atoms with van der Waals surface area (Å²) in [6.07, 6.45) is 10.9. The number of carbonyl (C=O) groups excluding carboxylic acids is 2. The van der Waals surface area contributed by atoms with Crippen molar-refractivity contribution in [3.05, 3.63) is 11.6 Å². The molecule has 0 aromatic rings. The quantitative estimate of drug-likeness (QED) is 0.384. The number of hydrogen-bond donors (Lipinski definition) is 0. The van der Waals surface area contributed by atoms with Crippen LogP contribution in [0.2, 0.25) is 0 Å². The molecule has 3 fully saturated rings. The van der Waals surface area contributed by atoms with E-state index in [1.165, 1.54) is 49.0 Å². The van der Waals surface area contributed by atoms with Crippen LogP contribution in [0.1, 0.15) is 72.1 Å². The Balaban J connectivity index is 0.000000300. The Bertz CT molecular complexity index is 2700. The third-order valence-electron chi connectivity index (χ3n) is 9.23. The Morgan fingerprint density at radius 1 is 0.537 bits per heavy atom. The molecule has 0 heterocycles. The molecule has 0 aliphatic heterocycles. The second kappa shape index (κ2) is 33.4. The molecule has 4 aliphatic rings. The third-order valence-corrected chi connectivity index (χ3v) is 71.5. The molecular weight excluding hydrogens is 1280 g/mol. The van der Waals surface area contributed by atoms with E-state index in [1.807, 2.05) is 139 Å². The Morgan fingerprint density at radius 3 is 1.30 bits per heavy atom. The summed E-state index contributed by atoms with van der Waals surface area (Å²) in [5, 5.41) is 0. The van der Waals surface area contributed by atoms with Gasteiger partial charge in [-0.15, -0.1) is 0 Å². The van der Waals surface area contributed by atoms with Crippen molar-refractivity contribution >= 4 is 291 Å². The smallest absolute Gasteiger partial charge is 0.155 e. The summed E-state index contributed by atoms with van der Waals surface area (Å²) in [5.41, 5.74) is 1.95. The number of carbonyl (C=O) groups is 2. The molecule has 3 saturated carbocycles. The summed E-state index contributed by atoms with van der Waals surface area (Å²) < 4.78 is 0. The molecule has 33 heteroatoms. The summed E-state index contributed by atoms with van der Waals surface area (Å²) in [5.74, 6) is 3.29. The van der Waals surface area contributed by atoms with Crippen molar-refractivity contribution in [2.45, 2.75) is 72.1 Å². The number of allylic oxidation sites excluding steroid dienone is 1. The van der Waals surface area contributed by atoms with Crippen molar-refractivity contribution < 1.29 is 9.59 Å². The highest BCUT2D eigenvalue weighted by Gasteiger charge is 2.59. The van der Waals surface area contributed by atoms with Gasteiger partial charge in [-0.25, -0.2) is 0 Å². The van der Waals surface area contributed by atoms with Crippen LogP contribution >= 0.6 is 0 Å². The standard InChI is InChI=1S/C21H30O2.S31/c1-13(22)17-6-7-18-16-5-4-14-12-15(23)8-10-20(14,2)19(16)9-11-21(17,18)3;1-3-5-7-9-11-13-15-17-19-21-23-25-27-29-31-30-28-26-24-22-20-18-16-14-12-10-8-6-4-2/h12,16-19H,4-11H2,1-3H3;/t16-,17+,18-,19-,20-,21+;/m0./s1. The maximum absolute atomic E-state index is 12.1. The van der Waals surface area contributed by atoms with Crippen LogP contribution in [0.25, 0.3) is 0 Å². The minimum Gasteiger partial charge on any atom is -0.300 e. The molecule has 0 amide bonds. The third kappa shape index (κ3) is 20.4. The second-order valence-electron chi connectivity index (χ2n) is 11.2. The van der Waals surface area contributed by atoms with E-state index in [-0.39, 0.29) is 10.8 Å². The number of fused-ring (bicyclic) bond motifs is 5. The fraction of sp³-hybridized carbons (Fsp3) is 0.810. The van der Waals surface area contributed by atoms with Crippen LogP contribution in [0.15, 0.2) is 11.6 Å². The van der Waals surface area contributed by atoms with Crippen molar-refractivity contribution in [2.75, 3.05) is 0 Å². The average molecular weight is 1310 g/mol. The predicted octanol–water partition coefficient (Wildman–Crippen LogP) is 4.65. The van der Waals surface area contributed by atoms with E-state index >= 15 is 0 Å². The minimum absolute atomic E-state index is 0.245. The fourth-order valence-electron chi connectivity index (χ4n) is 7.53. The normalized spacial score (nSPS) is 25.2. The molecule has 0 saturated heterocycles. The first-order chi connectivity index (χ1) is 26.3. The number of Topliss-reactive ketones (excluding diaryl/α,β-unsaturated/α-hetero) is 1. The summed E-state index contributed by atoms with van der Waals surface area (Å²) in [6.45, 7) is 6.65. The maximum atomic E-state index is 12.1. The van der Waals surface area contributed by atoms with E-state index in [4.69, 9.17) is 22.4 Å². The topological polar surface area (TPSA) is 34.1 Å². The van der Waals surface area contributed by atoms with Gasteiger partial charge in [-0.1, -0.05) is 19.4 Å². The van der Waals surface area contributed by atoms with E-state index in [9.17, 15) is 9.59 Å². The number of rotatable bonds is 1. The molecule has 4 aliphatic carbocycles. The SMILES string of the molecule is CC(=O)[C@H]1CC[C@H]2[C@@H]3CCC4=CC(=O)CC[C@]4(C)[C@H]3CC[C@]12C.S=S=S=S=S=S=S=S=S=S=S=S=S=S=S=S=S=S=S=S=S=S=S=S=S=S=S=S=S=S=S. The number of hydrogen-bond acceptors (Lipinski definition) is 4.